The van der Waals surface area contributed by atoms with Crippen molar-refractivity contribution in [2.45, 2.75) is 26.2 Å². The Kier molecular flexibility index (Phi) is 6.49. The summed E-state index contributed by atoms with van der Waals surface area (Å²) in [5, 5.41) is 0. The summed E-state index contributed by atoms with van der Waals surface area (Å²) in [7, 11) is 3.24. The van der Waals surface area contributed by atoms with Crippen molar-refractivity contribution in [2.75, 3.05) is 33.9 Å². The minimum Gasteiger partial charge on any atom is -0.497 e. The lowest BCUT2D eigenvalue weighted by Crippen LogP contribution is -2.39. The molecule has 0 bridgehead atoms. The van der Waals surface area contributed by atoms with Crippen LogP contribution in [-0.4, -0.2) is 55.5 Å². The Balaban J connectivity index is 1.62. The summed E-state index contributed by atoms with van der Waals surface area (Å²) in [5.41, 5.74) is 2.85. The van der Waals surface area contributed by atoms with Crippen LogP contribution in [0.25, 0.3) is 5.57 Å². The fraction of sp³-hybridized carbons (Fsp3) is 0.385. The molecule has 32 heavy (non-hydrogen) atoms. The molecule has 0 saturated carbocycles. The molecule has 0 aromatic heterocycles. The first-order valence-corrected chi connectivity index (χ1v) is 11.1. The number of ether oxygens (including phenoxy) is 2. The molecule has 0 spiro atoms. The lowest BCUT2D eigenvalue weighted by atomic mass is 9.98. The van der Waals surface area contributed by atoms with Crippen molar-refractivity contribution < 1.29 is 19.1 Å². The van der Waals surface area contributed by atoms with E-state index in [1.165, 1.54) is 4.90 Å². The Morgan fingerprint density at radius 2 is 1.53 bits per heavy atom. The summed E-state index contributed by atoms with van der Waals surface area (Å²) < 4.78 is 10.5. The van der Waals surface area contributed by atoms with Crippen LogP contribution in [0.3, 0.4) is 0 Å². The number of carbonyl (C=O) groups excluding carboxylic acids is 2. The topological polar surface area (TPSA) is 59.1 Å². The highest BCUT2D eigenvalue weighted by Crippen LogP contribution is 2.34. The van der Waals surface area contributed by atoms with E-state index >= 15 is 0 Å². The summed E-state index contributed by atoms with van der Waals surface area (Å²) in [6.07, 6.45) is 2.76. The first-order chi connectivity index (χ1) is 15.5. The molecule has 2 heterocycles. The molecule has 6 heteroatoms. The van der Waals surface area contributed by atoms with Gasteiger partial charge in [-0.1, -0.05) is 31.2 Å². The smallest absolute Gasteiger partial charge is 0.277 e. The molecule has 4 rings (SSSR count). The largest absolute Gasteiger partial charge is 0.497 e. The van der Waals surface area contributed by atoms with Gasteiger partial charge in [0.15, 0.2) is 0 Å². The number of likely N-dealkylation sites (tertiary alicyclic amines) is 1. The second-order valence-corrected chi connectivity index (χ2v) is 8.51. The molecule has 1 fully saturated rings. The standard InChI is InChI=1S/C26H30N2O4/c1-18-5-4-15-27(17-18)24-23(20-8-12-22(32-3)13-9-20)25(29)28(26(24)30)16-14-19-6-10-21(31-2)11-7-19/h6-13,18H,4-5,14-17H2,1-3H3. The van der Waals surface area contributed by atoms with Crippen LogP contribution in [0, 0.1) is 5.92 Å². The van der Waals surface area contributed by atoms with Gasteiger partial charge in [-0.05, 0) is 60.6 Å². The zero-order valence-electron chi connectivity index (χ0n) is 19.0. The molecule has 168 valence electrons. The third kappa shape index (κ3) is 4.35. The van der Waals surface area contributed by atoms with Crippen LogP contribution >= 0.6 is 0 Å². The van der Waals surface area contributed by atoms with Crippen LogP contribution < -0.4 is 9.47 Å². The van der Waals surface area contributed by atoms with Gasteiger partial charge in [-0.25, -0.2) is 0 Å². The Labute approximate surface area is 189 Å². The van der Waals surface area contributed by atoms with Gasteiger partial charge in [-0.15, -0.1) is 0 Å². The molecular formula is C26H30N2O4. The number of carbonyl (C=O) groups is 2. The van der Waals surface area contributed by atoms with Crippen LogP contribution in [0.1, 0.15) is 30.9 Å². The van der Waals surface area contributed by atoms with Gasteiger partial charge in [0.05, 0.1) is 19.8 Å². The average Bonchev–Trinajstić information content (AvgIpc) is 3.07. The van der Waals surface area contributed by atoms with Crippen molar-refractivity contribution >= 4 is 17.4 Å². The maximum absolute atomic E-state index is 13.5. The molecule has 0 N–H and O–H groups in total. The zero-order chi connectivity index (χ0) is 22.7. The van der Waals surface area contributed by atoms with Gasteiger partial charge in [-0.3, -0.25) is 14.5 Å². The maximum atomic E-state index is 13.5. The molecule has 2 aliphatic rings. The number of imide groups is 1. The molecule has 6 nitrogen and oxygen atoms in total. The third-order valence-electron chi connectivity index (χ3n) is 6.28. The fourth-order valence-corrected chi connectivity index (χ4v) is 4.50. The van der Waals surface area contributed by atoms with Crippen molar-refractivity contribution in [3.63, 3.8) is 0 Å². The van der Waals surface area contributed by atoms with E-state index in [9.17, 15) is 9.59 Å². The summed E-state index contributed by atoms with van der Waals surface area (Å²) in [6, 6.07) is 15.1. The first kappa shape index (κ1) is 21.9. The molecule has 0 radical (unpaired) electrons. The van der Waals surface area contributed by atoms with Gasteiger partial charge in [-0.2, -0.15) is 0 Å². The van der Waals surface area contributed by atoms with Crippen molar-refractivity contribution in [3.05, 3.63) is 65.4 Å². The lowest BCUT2D eigenvalue weighted by Gasteiger charge is -2.33. The van der Waals surface area contributed by atoms with E-state index in [0.29, 0.717) is 30.2 Å². The minimum atomic E-state index is -0.220. The minimum absolute atomic E-state index is 0.191. The van der Waals surface area contributed by atoms with Crippen LogP contribution in [-0.2, 0) is 16.0 Å². The molecule has 1 unspecified atom stereocenters. The molecule has 1 saturated heterocycles. The number of piperidine rings is 1. The zero-order valence-corrected chi connectivity index (χ0v) is 19.0. The number of hydrogen-bond donors (Lipinski definition) is 0. The molecule has 2 aliphatic heterocycles. The highest BCUT2D eigenvalue weighted by Gasteiger charge is 2.42. The fourth-order valence-electron chi connectivity index (χ4n) is 4.50. The number of hydrogen-bond acceptors (Lipinski definition) is 5. The summed E-state index contributed by atoms with van der Waals surface area (Å²) in [5.74, 6) is 1.58. The Morgan fingerprint density at radius 3 is 2.12 bits per heavy atom. The van der Waals surface area contributed by atoms with Gasteiger partial charge in [0.1, 0.15) is 17.2 Å². The van der Waals surface area contributed by atoms with Crippen LogP contribution in [0.4, 0.5) is 0 Å². The van der Waals surface area contributed by atoms with Gasteiger partial charge in [0, 0.05) is 19.6 Å². The molecule has 2 aromatic rings. The van der Waals surface area contributed by atoms with Crippen LogP contribution in [0.5, 0.6) is 11.5 Å². The Morgan fingerprint density at radius 1 is 0.906 bits per heavy atom. The number of amides is 2. The summed E-state index contributed by atoms with van der Waals surface area (Å²) in [6.45, 7) is 4.13. The highest BCUT2D eigenvalue weighted by atomic mass is 16.5. The van der Waals surface area contributed by atoms with Gasteiger partial charge in [0.25, 0.3) is 11.8 Å². The average molecular weight is 435 g/mol. The van der Waals surface area contributed by atoms with E-state index in [2.05, 4.69) is 11.8 Å². The van der Waals surface area contributed by atoms with Gasteiger partial charge >= 0.3 is 0 Å². The SMILES string of the molecule is COc1ccc(CCN2C(=O)C(c3ccc(OC)cc3)=C(N3CCCC(C)C3)C2=O)cc1. The number of benzene rings is 2. The van der Waals surface area contributed by atoms with E-state index in [1.807, 2.05) is 48.5 Å². The number of methoxy groups -OCH3 is 2. The van der Waals surface area contributed by atoms with Crippen molar-refractivity contribution in [1.29, 1.82) is 0 Å². The van der Waals surface area contributed by atoms with Crippen molar-refractivity contribution in [2.24, 2.45) is 5.92 Å². The molecule has 2 amide bonds. The van der Waals surface area contributed by atoms with Crippen molar-refractivity contribution in [3.8, 4) is 11.5 Å². The number of rotatable bonds is 7. The molecular weight excluding hydrogens is 404 g/mol. The normalized spacial score (nSPS) is 19.0. The number of nitrogens with zero attached hydrogens (tertiary/aromatic N) is 2. The van der Waals surface area contributed by atoms with Gasteiger partial charge < -0.3 is 14.4 Å². The first-order valence-electron chi connectivity index (χ1n) is 11.1. The predicted molar refractivity (Wildman–Crippen MR) is 123 cm³/mol. The van der Waals surface area contributed by atoms with E-state index in [4.69, 9.17) is 9.47 Å². The van der Waals surface area contributed by atoms with E-state index in [1.54, 1.807) is 14.2 Å². The molecule has 0 aliphatic carbocycles. The highest BCUT2D eigenvalue weighted by molar-refractivity contribution is 6.35. The van der Waals surface area contributed by atoms with E-state index in [-0.39, 0.29) is 11.8 Å². The Bertz CT molecular complexity index is 1010. The maximum Gasteiger partial charge on any atom is 0.277 e. The van der Waals surface area contributed by atoms with Crippen molar-refractivity contribution in [1.82, 2.24) is 9.80 Å². The summed E-state index contributed by atoms with van der Waals surface area (Å²) in [4.78, 5) is 30.5. The second-order valence-electron chi connectivity index (χ2n) is 8.51. The monoisotopic (exact) mass is 434 g/mol. The summed E-state index contributed by atoms with van der Waals surface area (Å²) >= 11 is 0. The quantitative estimate of drug-likeness (QED) is 0.621. The van der Waals surface area contributed by atoms with E-state index < -0.39 is 0 Å². The predicted octanol–water partition coefficient (Wildman–Crippen LogP) is 3.76. The lowest BCUT2D eigenvalue weighted by molar-refractivity contribution is -0.137. The van der Waals surface area contributed by atoms with Crippen LogP contribution in [0.15, 0.2) is 54.2 Å². The van der Waals surface area contributed by atoms with E-state index in [0.717, 1.165) is 48.6 Å². The second kappa shape index (κ2) is 9.47. The molecule has 1 atom stereocenters. The van der Waals surface area contributed by atoms with Gasteiger partial charge in [0.2, 0.25) is 0 Å². The van der Waals surface area contributed by atoms with Crippen LogP contribution in [0.2, 0.25) is 0 Å². The Hall–Kier alpha value is -3.28. The molecule has 2 aromatic carbocycles. The third-order valence-corrected chi connectivity index (χ3v) is 6.28.